The Morgan fingerprint density at radius 2 is 0.845 bits per heavy atom. The number of H-pyrrole nitrogens is 1. The van der Waals surface area contributed by atoms with Crippen LogP contribution in [0.4, 0.5) is 0 Å². The largest absolute Gasteiger partial charge is 0.461 e. The summed E-state index contributed by atoms with van der Waals surface area (Å²) in [5.74, 6) is -2.19. The van der Waals surface area contributed by atoms with E-state index < -0.39 is 29.8 Å². The Balaban J connectivity index is 0.000000313. The van der Waals surface area contributed by atoms with Crippen molar-refractivity contribution in [2.24, 2.45) is 0 Å². The molecule has 7 rings (SSSR count). The van der Waals surface area contributed by atoms with Gasteiger partial charge in [-0.2, -0.15) is 20.4 Å². The van der Waals surface area contributed by atoms with Crippen LogP contribution in [-0.2, 0) is 41.3 Å². The first-order valence-corrected chi connectivity index (χ1v) is 23.0. The van der Waals surface area contributed by atoms with Crippen LogP contribution in [0, 0.1) is 20.8 Å². The lowest BCUT2D eigenvalue weighted by Crippen LogP contribution is -2.05. The summed E-state index contributed by atoms with van der Waals surface area (Å²) in [7, 11) is 0. The van der Waals surface area contributed by atoms with Crippen LogP contribution < -0.4 is 0 Å². The van der Waals surface area contributed by atoms with E-state index in [0.29, 0.717) is 41.9 Å². The number of fused-ring (bicyclic) bond motifs is 3. The molecule has 0 fully saturated rings. The molecule has 0 saturated heterocycles. The minimum atomic E-state index is -0.565. The topological polar surface area (TPSA) is 268 Å². The van der Waals surface area contributed by atoms with E-state index in [4.69, 9.17) is 46.9 Å². The van der Waals surface area contributed by atoms with Gasteiger partial charge in [0.25, 0.3) is 0 Å². The summed E-state index contributed by atoms with van der Waals surface area (Å²) < 4.78 is 29.0. The first-order chi connectivity index (χ1) is 33.4. The summed E-state index contributed by atoms with van der Waals surface area (Å²) in [4.78, 5) is 79.6. The van der Waals surface area contributed by atoms with Crippen molar-refractivity contribution < 1.29 is 52.5 Å². The van der Waals surface area contributed by atoms with Gasteiger partial charge in [0.05, 0.1) is 97.0 Å². The number of ketones is 1. The van der Waals surface area contributed by atoms with E-state index in [2.05, 4.69) is 40.4 Å². The standard InChI is InChI=1S/2C12H15N3O2.C10H10ClN3O2.C9H12N2O4.C3H5ClO.CH4/c2*1-4-9-11-6-10(12(16)17-5-2)14-15(11)7-8(3)13-9;1-3-16-10(15)7-4-8-9(11)12-6(2)5-14(8)13-7;1-3-14-8(12)6-5-7(11-10-6)9(13)15-4-2;1-3(5)2-4;/h2*6-7H,4-5H2,1-3H3;4-5H,3H2,1-2H3;5H,3-4H2,1-2H3,(H,10,11);2H2,1H3;1H4. The smallest absolute Gasteiger partial charge is 0.358 e. The maximum absolute atomic E-state index is 11.6. The minimum absolute atomic E-state index is 0. The Bertz CT molecular complexity index is 2770. The summed E-state index contributed by atoms with van der Waals surface area (Å²) in [6.45, 7) is 21.4. The summed E-state index contributed by atoms with van der Waals surface area (Å²) >= 11 is 10.9. The Hall–Kier alpha value is -7.33. The number of esters is 5. The number of halogens is 2. The maximum atomic E-state index is 11.6. The molecule has 0 unspecified atom stereocenters. The number of aromatic amines is 1. The predicted octanol–water partition coefficient (Wildman–Crippen LogP) is 7.63. The molecule has 0 radical (unpaired) electrons. The Kier molecular flexibility index (Phi) is 25.0. The van der Waals surface area contributed by atoms with Gasteiger partial charge in [0.15, 0.2) is 27.9 Å². The fourth-order valence-electron chi connectivity index (χ4n) is 5.81. The molecule has 22 nitrogen and oxygen atoms in total. The van der Waals surface area contributed by atoms with Gasteiger partial charge in [-0.05, 0) is 75.2 Å². The van der Waals surface area contributed by atoms with Crippen molar-refractivity contribution in [3.05, 3.63) is 105 Å². The number of aryl methyl sites for hydroxylation is 5. The van der Waals surface area contributed by atoms with Crippen molar-refractivity contribution >= 4 is 75.4 Å². The van der Waals surface area contributed by atoms with Crippen LogP contribution in [-0.4, -0.2) is 129 Å². The quantitative estimate of drug-likeness (QED) is 0.0660. The average molecular weight is 1030 g/mol. The molecular formula is C47H61Cl2N11O11. The number of rotatable bonds is 13. The van der Waals surface area contributed by atoms with Crippen molar-refractivity contribution in [2.45, 2.75) is 96.4 Å². The van der Waals surface area contributed by atoms with Crippen molar-refractivity contribution in [3.63, 3.8) is 0 Å². The Morgan fingerprint density at radius 3 is 1.20 bits per heavy atom. The molecule has 0 saturated carbocycles. The molecule has 0 spiro atoms. The van der Waals surface area contributed by atoms with Crippen LogP contribution >= 0.6 is 23.2 Å². The van der Waals surface area contributed by atoms with Crippen LogP contribution in [0.1, 0.15) is 144 Å². The molecule has 0 amide bonds. The van der Waals surface area contributed by atoms with E-state index in [1.165, 1.54) is 17.5 Å². The van der Waals surface area contributed by atoms with E-state index in [-0.39, 0.29) is 49.4 Å². The number of hydrogen-bond donors (Lipinski definition) is 1. The van der Waals surface area contributed by atoms with Gasteiger partial charge in [-0.25, -0.2) is 42.5 Å². The SMILES string of the molecule is C.CC(=O)CCl.CCOC(=O)c1cc(C(=O)OCC)[nH]n1.CCOC(=O)c1cc2c(CC)nc(C)cn2n1.CCOC(=O)c1cc2c(CC)nc(C)cn2n1.CCOC(=O)c1cc2c(Cl)nc(C)cn2n1. The molecule has 71 heavy (non-hydrogen) atoms. The molecule has 7 aromatic rings. The Labute approximate surface area is 420 Å². The maximum Gasteiger partial charge on any atom is 0.358 e. The van der Waals surface area contributed by atoms with Crippen LogP contribution in [0.15, 0.2) is 42.9 Å². The molecule has 7 aromatic heterocycles. The van der Waals surface area contributed by atoms with Crippen LogP contribution in [0.5, 0.6) is 0 Å². The van der Waals surface area contributed by atoms with Crippen LogP contribution in [0.25, 0.3) is 16.6 Å². The molecule has 7 heterocycles. The predicted molar refractivity (Wildman–Crippen MR) is 263 cm³/mol. The number of carbonyl (C=O) groups excluding carboxylic acids is 6. The summed E-state index contributed by atoms with van der Waals surface area (Å²) in [6.07, 6.45) is 6.91. The van der Waals surface area contributed by atoms with E-state index in [1.807, 2.05) is 27.7 Å². The third kappa shape index (κ3) is 17.5. The van der Waals surface area contributed by atoms with E-state index in [1.54, 1.807) is 87.4 Å². The number of nitrogens with one attached hydrogen (secondary N) is 1. The summed E-state index contributed by atoms with van der Waals surface area (Å²) in [5.41, 5.74) is 7.79. The van der Waals surface area contributed by atoms with Gasteiger partial charge in [0.1, 0.15) is 17.0 Å². The fraction of sp³-hybridized carbons (Fsp3) is 0.426. The highest BCUT2D eigenvalue weighted by molar-refractivity contribution is 6.32. The molecule has 0 aliphatic carbocycles. The summed E-state index contributed by atoms with van der Waals surface area (Å²) in [5, 5.41) is 18.8. The van der Waals surface area contributed by atoms with Crippen molar-refractivity contribution in [3.8, 4) is 0 Å². The highest BCUT2D eigenvalue weighted by Crippen LogP contribution is 2.18. The van der Waals surface area contributed by atoms with Crippen LogP contribution in [0.2, 0.25) is 5.15 Å². The number of Topliss-reactive ketones (excluding diaryl/α,β-unsaturated/α-hetero) is 1. The van der Waals surface area contributed by atoms with Gasteiger partial charge in [0, 0.05) is 24.3 Å². The zero-order valence-corrected chi connectivity index (χ0v) is 42.4. The first kappa shape index (κ1) is 59.8. The average Bonchev–Trinajstić information content (AvgIpc) is 4.16. The van der Waals surface area contributed by atoms with Gasteiger partial charge in [-0.3, -0.25) is 19.9 Å². The van der Waals surface area contributed by atoms with Gasteiger partial charge >= 0.3 is 29.8 Å². The van der Waals surface area contributed by atoms with Crippen molar-refractivity contribution in [1.82, 2.24) is 54.0 Å². The number of nitrogens with zero attached hydrogens (tertiary/aromatic N) is 10. The highest BCUT2D eigenvalue weighted by Gasteiger charge is 2.18. The zero-order chi connectivity index (χ0) is 52.1. The van der Waals surface area contributed by atoms with Gasteiger partial charge in [-0.1, -0.05) is 32.9 Å². The molecule has 1 N–H and O–H groups in total. The second-order valence-corrected chi connectivity index (χ2v) is 14.8. The lowest BCUT2D eigenvalue weighted by atomic mass is 10.2. The number of carbonyl (C=O) groups is 6. The molecule has 0 atom stereocenters. The third-order valence-corrected chi connectivity index (χ3v) is 9.36. The third-order valence-electron chi connectivity index (χ3n) is 8.70. The molecule has 384 valence electrons. The van der Waals surface area contributed by atoms with Crippen molar-refractivity contribution in [1.29, 1.82) is 0 Å². The van der Waals surface area contributed by atoms with E-state index in [9.17, 15) is 28.8 Å². The molecule has 0 aromatic carbocycles. The van der Waals surface area contributed by atoms with E-state index in [0.717, 1.165) is 52.3 Å². The van der Waals surface area contributed by atoms with Crippen molar-refractivity contribution in [2.75, 3.05) is 38.9 Å². The molecule has 0 aliphatic heterocycles. The molecular weight excluding hydrogens is 965 g/mol. The second-order valence-electron chi connectivity index (χ2n) is 14.2. The fourth-order valence-corrected chi connectivity index (χ4v) is 6.09. The van der Waals surface area contributed by atoms with Gasteiger partial charge in [0.2, 0.25) is 0 Å². The second kappa shape index (κ2) is 29.6. The Morgan fingerprint density at radius 1 is 0.521 bits per heavy atom. The number of aromatic nitrogens is 11. The highest BCUT2D eigenvalue weighted by atomic mass is 35.5. The number of hydrogen-bond acceptors (Lipinski definition) is 18. The van der Waals surface area contributed by atoms with E-state index >= 15 is 0 Å². The zero-order valence-electron chi connectivity index (χ0n) is 40.9. The minimum Gasteiger partial charge on any atom is -0.461 e. The number of alkyl halides is 1. The normalized spacial score (nSPS) is 10.2. The lowest BCUT2D eigenvalue weighted by Gasteiger charge is -2.01. The number of ether oxygens (including phenoxy) is 5. The van der Waals surface area contributed by atoms with Gasteiger partial charge in [-0.15, -0.1) is 11.6 Å². The van der Waals surface area contributed by atoms with Crippen LogP contribution in [0.3, 0.4) is 0 Å². The lowest BCUT2D eigenvalue weighted by molar-refractivity contribution is -0.114. The van der Waals surface area contributed by atoms with Gasteiger partial charge < -0.3 is 23.7 Å². The molecule has 24 heteroatoms. The molecule has 0 aliphatic rings. The monoisotopic (exact) mass is 1030 g/mol. The first-order valence-electron chi connectivity index (χ1n) is 22.1. The molecule has 0 bridgehead atoms. The summed E-state index contributed by atoms with van der Waals surface area (Å²) in [6, 6.07) is 6.31.